The van der Waals surface area contributed by atoms with E-state index in [1.165, 1.54) is 0 Å². The highest BCUT2D eigenvalue weighted by Gasteiger charge is 2.18. The maximum Gasteiger partial charge on any atom is 0.140 e. The average Bonchev–Trinajstić information content (AvgIpc) is 2.46. The van der Waals surface area contributed by atoms with Gasteiger partial charge in [0.2, 0.25) is 0 Å². The zero-order valence-corrected chi connectivity index (χ0v) is 10.6. The van der Waals surface area contributed by atoms with E-state index in [9.17, 15) is 0 Å². The number of nitrogens with two attached hydrogens (primary N) is 1. The highest BCUT2D eigenvalue weighted by atomic mass is 16.5. The molecule has 0 spiro atoms. The van der Waals surface area contributed by atoms with Gasteiger partial charge in [-0.25, -0.2) is 4.98 Å². The number of morpholine rings is 1. The van der Waals surface area contributed by atoms with Crippen molar-refractivity contribution in [3.05, 3.63) is 35.9 Å². The lowest BCUT2D eigenvalue weighted by molar-refractivity contribution is 0.122. The van der Waals surface area contributed by atoms with Crippen LogP contribution in [0.1, 0.15) is 5.56 Å². The number of amidine groups is 1. The van der Waals surface area contributed by atoms with E-state index in [0.717, 1.165) is 29.8 Å². The number of ether oxygens (including phenoxy) is 1. The second kappa shape index (κ2) is 4.85. The quantitative estimate of drug-likeness (QED) is 0.628. The van der Waals surface area contributed by atoms with Crippen molar-refractivity contribution in [1.82, 2.24) is 4.98 Å². The van der Waals surface area contributed by atoms with Crippen molar-refractivity contribution in [2.75, 3.05) is 31.2 Å². The number of aromatic nitrogens is 1. The van der Waals surface area contributed by atoms with Gasteiger partial charge < -0.3 is 15.4 Å². The van der Waals surface area contributed by atoms with E-state index in [2.05, 4.69) is 9.88 Å². The Morgan fingerprint density at radius 3 is 2.74 bits per heavy atom. The minimum atomic E-state index is 0.0553. The van der Waals surface area contributed by atoms with E-state index >= 15 is 0 Å². The first-order valence-corrected chi connectivity index (χ1v) is 6.32. The number of nitrogens with one attached hydrogen (secondary N) is 1. The smallest absolute Gasteiger partial charge is 0.140 e. The first kappa shape index (κ1) is 11.9. The van der Waals surface area contributed by atoms with Crippen molar-refractivity contribution in [3.8, 4) is 0 Å². The number of rotatable bonds is 2. The molecule has 5 heteroatoms. The second-order valence-electron chi connectivity index (χ2n) is 4.57. The Morgan fingerprint density at radius 2 is 2.00 bits per heavy atom. The Kier molecular flexibility index (Phi) is 3.05. The van der Waals surface area contributed by atoms with Gasteiger partial charge in [-0.3, -0.25) is 5.41 Å². The molecule has 98 valence electrons. The van der Waals surface area contributed by atoms with Gasteiger partial charge in [-0.1, -0.05) is 18.2 Å². The predicted molar refractivity (Wildman–Crippen MR) is 75.8 cm³/mol. The summed E-state index contributed by atoms with van der Waals surface area (Å²) in [5.74, 6) is 0.842. The molecule has 0 atom stereocenters. The molecule has 0 radical (unpaired) electrons. The van der Waals surface area contributed by atoms with Crippen molar-refractivity contribution in [1.29, 1.82) is 5.41 Å². The maximum atomic E-state index is 7.75. The second-order valence-corrected chi connectivity index (χ2v) is 4.57. The molecule has 1 aliphatic heterocycles. The molecule has 3 rings (SSSR count). The van der Waals surface area contributed by atoms with Crippen molar-refractivity contribution in [3.63, 3.8) is 0 Å². The molecule has 0 saturated carbocycles. The molecule has 19 heavy (non-hydrogen) atoms. The Hall–Kier alpha value is -2.14. The van der Waals surface area contributed by atoms with Gasteiger partial charge in [-0.05, 0) is 12.1 Å². The predicted octanol–water partition coefficient (Wildman–Crippen LogP) is 1.36. The molecule has 1 fully saturated rings. The fourth-order valence-electron chi connectivity index (χ4n) is 2.32. The normalized spacial score (nSPS) is 15.7. The monoisotopic (exact) mass is 256 g/mol. The Morgan fingerprint density at radius 1 is 1.26 bits per heavy atom. The zero-order valence-electron chi connectivity index (χ0n) is 10.6. The van der Waals surface area contributed by atoms with E-state index in [0.29, 0.717) is 18.8 Å². The van der Waals surface area contributed by atoms with Crippen LogP contribution in [-0.2, 0) is 4.74 Å². The molecule has 0 bridgehead atoms. The summed E-state index contributed by atoms with van der Waals surface area (Å²) >= 11 is 0. The van der Waals surface area contributed by atoms with Crippen LogP contribution in [0.3, 0.4) is 0 Å². The largest absolute Gasteiger partial charge is 0.384 e. The lowest BCUT2D eigenvalue weighted by Crippen LogP contribution is -2.38. The fraction of sp³-hybridized carbons (Fsp3) is 0.286. The van der Waals surface area contributed by atoms with Crippen LogP contribution in [0.5, 0.6) is 0 Å². The van der Waals surface area contributed by atoms with E-state index in [-0.39, 0.29) is 5.84 Å². The molecule has 5 nitrogen and oxygen atoms in total. The van der Waals surface area contributed by atoms with Gasteiger partial charge in [0.15, 0.2) is 0 Å². The third kappa shape index (κ3) is 2.24. The number of pyridine rings is 1. The van der Waals surface area contributed by atoms with Gasteiger partial charge in [-0.2, -0.15) is 0 Å². The number of para-hydroxylation sites is 1. The van der Waals surface area contributed by atoms with Crippen molar-refractivity contribution < 1.29 is 4.74 Å². The summed E-state index contributed by atoms with van der Waals surface area (Å²) in [5, 5.41) is 8.75. The number of nitrogen functional groups attached to an aromatic ring is 1. The van der Waals surface area contributed by atoms with Crippen LogP contribution >= 0.6 is 0 Å². The molecule has 1 aromatic heterocycles. The van der Waals surface area contributed by atoms with E-state index in [1.54, 1.807) is 0 Å². The molecule has 3 N–H and O–H groups in total. The van der Waals surface area contributed by atoms with Gasteiger partial charge in [0, 0.05) is 18.5 Å². The molecular formula is C14H16N4O. The molecule has 1 aromatic carbocycles. The molecule has 0 amide bonds. The Bertz CT molecular complexity index is 620. The minimum absolute atomic E-state index is 0.0553. The average molecular weight is 256 g/mol. The summed E-state index contributed by atoms with van der Waals surface area (Å²) in [4.78, 5) is 6.80. The molecule has 2 aromatic rings. The summed E-state index contributed by atoms with van der Waals surface area (Å²) in [6, 6.07) is 9.82. The lowest BCUT2D eigenvalue weighted by Gasteiger charge is -2.29. The third-order valence-electron chi connectivity index (χ3n) is 3.30. The van der Waals surface area contributed by atoms with Gasteiger partial charge in [0.1, 0.15) is 11.7 Å². The van der Waals surface area contributed by atoms with Crippen molar-refractivity contribution >= 4 is 22.6 Å². The van der Waals surface area contributed by atoms with Crippen LogP contribution in [0.15, 0.2) is 30.3 Å². The Balaban J connectivity index is 2.14. The van der Waals surface area contributed by atoms with Gasteiger partial charge in [0.25, 0.3) is 0 Å². The first-order chi connectivity index (χ1) is 9.25. The van der Waals surface area contributed by atoms with Crippen LogP contribution < -0.4 is 10.6 Å². The van der Waals surface area contributed by atoms with Gasteiger partial charge in [-0.15, -0.1) is 0 Å². The van der Waals surface area contributed by atoms with Crippen LogP contribution in [0.2, 0.25) is 0 Å². The number of anilines is 1. The van der Waals surface area contributed by atoms with Crippen LogP contribution in [0, 0.1) is 5.41 Å². The number of nitrogens with zero attached hydrogens (tertiary/aromatic N) is 2. The summed E-state index contributed by atoms with van der Waals surface area (Å²) in [7, 11) is 0. The van der Waals surface area contributed by atoms with E-state index in [1.807, 2.05) is 30.3 Å². The Labute approximate surface area is 111 Å². The molecule has 2 heterocycles. The summed E-state index contributed by atoms with van der Waals surface area (Å²) < 4.78 is 5.35. The third-order valence-corrected chi connectivity index (χ3v) is 3.30. The molecule has 1 aliphatic rings. The highest BCUT2D eigenvalue weighted by molar-refractivity contribution is 6.03. The number of hydrogen-bond acceptors (Lipinski definition) is 4. The van der Waals surface area contributed by atoms with Gasteiger partial charge >= 0.3 is 0 Å². The van der Waals surface area contributed by atoms with E-state index < -0.39 is 0 Å². The van der Waals surface area contributed by atoms with Crippen molar-refractivity contribution in [2.24, 2.45) is 5.73 Å². The zero-order chi connectivity index (χ0) is 13.2. The topological polar surface area (TPSA) is 75.2 Å². The summed E-state index contributed by atoms with van der Waals surface area (Å²) in [6.07, 6.45) is 0. The number of fused-ring (bicyclic) bond motifs is 1. The molecule has 0 aliphatic carbocycles. The SMILES string of the molecule is N=C(N)c1cc2ccccc2nc1N1CCOCC1. The molecule has 0 unspecified atom stereocenters. The standard InChI is InChI=1S/C14H16N4O/c15-13(16)11-9-10-3-1-2-4-12(10)17-14(11)18-5-7-19-8-6-18/h1-4,9H,5-8H2,(H3,15,16). The maximum absolute atomic E-state index is 7.75. The highest BCUT2D eigenvalue weighted by Crippen LogP contribution is 2.24. The molecular weight excluding hydrogens is 240 g/mol. The lowest BCUT2D eigenvalue weighted by atomic mass is 10.1. The van der Waals surface area contributed by atoms with Crippen molar-refractivity contribution in [2.45, 2.75) is 0 Å². The van der Waals surface area contributed by atoms with Crippen LogP contribution in [0.4, 0.5) is 5.82 Å². The number of hydrogen-bond donors (Lipinski definition) is 2. The fourth-order valence-corrected chi connectivity index (χ4v) is 2.32. The van der Waals surface area contributed by atoms with Gasteiger partial charge in [0.05, 0.1) is 24.3 Å². The number of benzene rings is 1. The van der Waals surface area contributed by atoms with Crippen LogP contribution in [-0.4, -0.2) is 37.1 Å². The minimum Gasteiger partial charge on any atom is -0.384 e. The summed E-state index contributed by atoms with van der Waals surface area (Å²) in [5.41, 5.74) is 7.32. The summed E-state index contributed by atoms with van der Waals surface area (Å²) in [6.45, 7) is 2.94. The van der Waals surface area contributed by atoms with E-state index in [4.69, 9.17) is 15.9 Å². The first-order valence-electron chi connectivity index (χ1n) is 6.32. The molecule has 1 saturated heterocycles. The van der Waals surface area contributed by atoms with Crippen LogP contribution in [0.25, 0.3) is 10.9 Å².